The zero-order valence-corrected chi connectivity index (χ0v) is 19.6. The molecule has 0 atom stereocenters. The minimum Gasteiger partial charge on any atom is -0.454 e. The van der Waals surface area contributed by atoms with Gasteiger partial charge in [0.15, 0.2) is 5.58 Å². The number of fused-ring (bicyclic) bond motifs is 7. The van der Waals surface area contributed by atoms with Gasteiger partial charge in [-0.15, -0.1) is 0 Å². The molecule has 4 aromatic heterocycles. The molecule has 8 aromatic rings. The first-order valence-electron chi connectivity index (χ1n) is 12.2. The van der Waals surface area contributed by atoms with E-state index in [-0.39, 0.29) is 0 Å². The van der Waals surface area contributed by atoms with Crippen molar-refractivity contribution in [3.05, 3.63) is 115 Å². The summed E-state index contributed by atoms with van der Waals surface area (Å²) < 4.78 is 12.1. The van der Waals surface area contributed by atoms with Gasteiger partial charge in [0.05, 0.1) is 23.0 Å². The second-order valence-electron chi connectivity index (χ2n) is 9.09. The second kappa shape index (κ2) is 7.67. The molecule has 4 aromatic carbocycles. The Morgan fingerprint density at radius 3 is 2.19 bits per heavy atom. The minimum atomic E-state index is 0.618. The lowest BCUT2D eigenvalue weighted by atomic mass is 10.1. The van der Waals surface area contributed by atoms with Crippen molar-refractivity contribution in [1.29, 1.82) is 0 Å². The number of furan rings is 2. The summed E-state index contributed by atoms with van der Waals surface area (Å²) in [6, 6.07) is 36.9. The average molecular weight is 478 g/mol. The van der Waals surface area contributed by atoms with Crippen LogP contribution in [-0.4, -0.2) is 9.97 Å². The molecule has 37 heavy (non-hydrogen) atoms. The molecule has 0 saturated heterocycles. The summed E-state index contributed by atoms with van der Waals surface area (Å²) >= 11 is 0. The van der Waals surface area contributed by atoms with Crippen molar-refractivity contribution < 1.29 is 8.83 Å². The molecule has 0 N–H and O–H groups in total. The molecule has 0 unspecified atom stereocenters. The predicted molar refractivity (Wildman–Crippen MR) is 149 cm³/mol. The zero-order chi connectivity index (χ0) is 24.3. The Morgan fingerprint density at radius 2 is 1.30 bits per heavy atom. The van der Waals surface area contributed by atoms with E-state index in [0.717, 1.165) is 66.4 Å². The Bertz CT molecular complexity index is 2000. The van der Waals surface area contributed by atoms with E-state index in [1.807, 2.05) is 60.8 Å². The van der Waals surface area contributed by atoms with Crippen LogP contribution in [0.2, 0.25) is 0 Å². The van der Waals surface area contributed by atoms with Gasteiger partial charge in [0.2, 0.25) is 5.71 Å². The third-order valence-corrected chi connectivity index (χ3v) is 6.92. The van der Waals surface area contributed by atoms with E-state index >= 15 is 0 Å². The highest BCUT2D eigenvalue weighted by atomic mass is 16.3. The fourth-order valence-electron chi connectivity index (χ4n) is 5.22. The summed E-state index contributed by atoms with van der Waals surface area (Å²) in [5.41, 5.74) is 5.78. The van der Waals surface area contributed by atoms with Gasteiger partial charge < -0.3 is 8.83 Å². The van der Waals surface area contributed by atoms with Gasteiger partial charge in [-0.2, -0.15) is 0 Å². The van der Waals surface area contributed by atoms with Gasteiger partial charge in [-0.3, -0.25) is 4.90 Å². The summed E-state index contributed by atoms with van der Waals surface area (Å²) in [6.07, 6.45) is 1.85. The monoisotopic (exact) mass is 477 g/mol. The molecular formula is C32H19N3O2. The van der Waals surface area contributed by atoms with Gasteiger partial charge in [0.25, 0.3) is 0 Å². The number of para-hydroxylation sites is 2. The second-order valence-corrected chi connectivity index (χ2v) is 9.09. The normalized spacial score (nSPS) is 11.8. The van der Waals surface area contributed by atoms with Gasteiger partial charge in [-0.25, -0.2) is 9.97 Å². The maximum Gasteiger partial charge on any atom is 0.227 e. The van der Waals surface area contributed by atoms with Crippen molar-refractivity contribution in [2.45, 2.75) is 0 Å². The van der Waals surface area contributed by atoms with E-state index in [1.165, 1.54) is 0 Å². The molecule has 4 heterocycles. The zero-order valence-electron chi connectivity index (χ0n) is 19.6. The van der Waals surface area contributed by atoms with Crippen LogP contribution in [-0.2, 0) is 0 Å². The number of anilines is 3. The van der Waals surface area contributed by atoms with Crippen LogP contribution in [0.1, 0.15) is 0 Å². The lowest BCUT2D eigenvalue weighted by Crippen LogP contribution is -2.12. The number of hydrogen-bond acceptors (Lipinski definition) is 5. The van der Waals surface area contributed by atoms with E-state index in [4.69, 9.17) is 18.8 Å². The van der Waals surface area contributed by atoms with E-state index in [1.54, 1.807) is 0 Å². The van der Waals surface area contributed by atoms with Gasteiger partial charge in [0.1, 0.15) is 22.5 Å². The molecule has 174 valence electrons. The van der Waals surface area contributed by atoms with Crippen molar-refractivity contribution in [2.75, 3.05) is 4.90 Å². The Hall–Kier alpha value is -5.16. The lowest BCUT2D eigenvalue weighted by Gasteiger charge is -2.25. The van der Waals surface area contributed by atoms with Crippen molar-refractivity contribution >= 4 is 72.1 Å². The van der Waals surface area contributed by atoms with Crippen molar-refractivity contribution in [3.8, 4) is 0 Å². The molecule has 0 radical (unpaired) electrons. The number of hydrogen-bond donors (Lipinski definition) is 0. The molecule has 0 spiro atoms. The van der Waals surface area contributed by atoms with E-state index < -0.39 is 0 Å². The first-order valence-corrected chi connectivity index (χ1v) is 12.2. The van der Waals surface area contributed by atoms with Crippen LogP contribution in [0.5, 0.6) is 0 Å². The smallest absolute Gasteiger partial charge is 0.227 e. The summed E-state index contributed by atoms with van der Waals surface area (Å²) in [7, 11) is 0. The molecular weight excluding hydrogens is 458 g/mol. The Kier molecular flexibility index (Phi) is 4.16. The van der Waals surface area contributed by atoms with Crippen LogP contribution in [0.4, 0.5) is 17.2 Å². The maximum absolute atomic E-state index is 6.06. The van der Waals surface area contributed by atoms with Crippen molar-refractivity contribution in [3.63, 3.8) is 0 Å². The Morgan fingerprint density at radius 1 is 0.568 bits per heavy atom. The number of benzene rings is 4. The molecule has 0 aliphatic heterocycles. The van der Waals surface area contributed by atoms with E-state index in [0.29, 0.717) is 5.71 Å². The van der Waals surface area contributed by atoms with Crippen LogP contribution < -0.4 is 4.90 Å². The van der Waals surface area contributed by atoms with Crippen LogP contribution in [0.25, 0.3) is 54.9 Å². The van der Waals surface area contributed by atoms with Crippen LogP contribution in [0.15, 0.2) is 124 Å². The average Bonchev–Trinajstić information content (AvgIpc) is 3.51. The molecule has 5 nitrogen and oxygen atoms in total. The van der Waals surface area contributed by atoms with Crippen LogP contribution >= 0.6 is 0 Å². The van der Waals surface area contributed by atoms with E-state index in [9.17, 15) is 0 Å². The first kappa shape index (κ1) is 20.1. The summed E-state index contributed by atoms with van der Waals surface area (Å²) in [6.45, 7) is 0. The number of rotatable bonds is 3. The molecule has 0 aliphatic rings. The van der Waals surface area contributed by atoms with E-state index in [2.05, 4.69) is 59.5 Å². The first-order chi connectivity index (χ1) is 18.3. The Balaban J connectivity index is 1.43. The quantitative estimate of drug-likeness (QED) is 0.254. The number of pyridine rings is 2. The predicted octanol–water partition coefficient (Wildman–Crippen LogP) is 8.90. The minimum absolute atomic E-state index is 0.618. The van der Waals surface area contributed by atoms with Gasteiger partial charge >= 0.3 is 0 Å². The fourth-order valence-corrected chi connectivity index (χ4v) is 5.22. The summed E-state index contributed by atoms with van der Waals surface area (Å²) in [5.74, 6) is 0.782. The summed E-state index contributed by atoms with van der Waals surface area (Å²) in [5, 5.41) is 5.28. The standard InChI is InChI=1S/C32H19N3O2/c1-2-10-22-20(8-1)9-7-13-26(22)35(21-18-25-23-11-3-5-14-27(23)37-32(25)33-19-21)30-17-16-29-31(34-30)24-12-4-6-15-28(24)36-29/h1-19H. The number of nitrogens with zero attached hydrogens (tertiary/aromatic N) is 3. The molecule has 0 fully saturated rings. The summed E-state index contributed by atoms with van der Waals surface area (Å²) in [4.78, 5) is 12.0. The molecule has 5 heteroatoms. The van der Waals surface area contributed by atoms with Crippen LogP contribution in [0.3, 0.4) is 0 Å². The topological polar surface area (TPSA) is 55.3 Å². The van der Waals surface area contributed by atoms with Crippen molar-refractivity contribution in [2.24, 2.45) is 0 Å². The molecule has 0 saturated carbocycles. The SMILES string of the molecule is c1ccc2c(N(c3cnc4oc5ccccc5c4c3)c3ccc4oc5ccccc5c4n3)cccc2c1. The third kappa shape index (κ3) is 3.04. The number of aromatic nitrogens is 2. The van der Waals surface area contributed by atoms with Crippen LogP contribution in [0, 0.1) is 0 Å². The largest absolute Gasteiger partial charge is 0.454 e. The highest BCUT2D eigenvalue weighted by molar-refractivity contribution is 6.07. The fraction of sp³-hybridized carbons (Fsp3) is 0. The molecule has 0 bridgehead atoms. The molecule has 0 amide bonds. The maximum atomic E-state index is 6.06. The van der Waals surface area contributed by atoms with Gasteiger partial charge in [-0.1, -0.05) is 66.7 Å². The molecule has 8 rings (SSSR count). The Labute approximate surface area is 211 Å². The van der Waals surface area contributed by atoms with Gasteiger partial charge in [0, 0.05) is 16.2 Å². The van der Waals surface area contributed by atoms with Gasteiger partial charge in [-0.05, 0) is 47.9 Å². The third-order valence-electron chi connectivity index (χ3n) is 6.92. The molecule has 0 aliphatic carbocycles. The van der Waals surface area contributed by atoms with Crippen molar-refractivity contribution in [1.82, 2.24) is 9.97 Å². The highest BCUT2D eigenvalue weighted by Gasteiger charge is 2.20. The highest BCUT2D eigenvalue weighted by Crippen LogP contribution is 2.41. The lowest BCUT2D eigenvalue weighted by molar-refractivity contribution is 0.654.